The van der Waals surface area contributed by atoms with E-state index in [-0.39, 0.29) is 16.8 Å². The van der Waals surface area contributed by atoms with E-state index in [1.165, 1.54) is 22.6 Å². The fourth-order valence-electron chi connectivity index (χ4n) is 2.76. The first-order chi connectivity index (χ1) is 11.3. The molecule has 1 aliphatic rings. The highest BCUT2D eigenvalue weighted by Gasteiger charge is 2.26. The molecule has 128 valence electrons. The molecule has 1 aromatic carbocycles. The smallest absolute Gasteiger partial charge is 0.241 e. The molecule has 2 heterocycles. The second kappa shape index (κ2) is 6.64. The first kappa shape index (κ1) is 17.1. The van der Waals surface area contributed by atoms with Crippen LogP contribution in [0, 0.1) is 0 Å². The summed E-state index contributed by atoms with van der Waals surface area (Å²) in [5.41, 5.74) is 1.70. The minimum atomic E-state index is -3.79. The first-order valence-corrected chi connectivity index (χ1v) is 10.0. The third kappa shape index (κ3) is 3.67. The van der Waals surface area contributed by atoms with Gasteiger partial charge in [0.15, 0.2) is 0 Å². The average Bonchev–Trinajstić information content (AvgIpc) is 3.01. The summed E-state index contributed by atoms with van der Waals surface area (Å²) in [6.07, 6.45) is 0.950. The molecule has 3 N–H and O–H groups in total. The molecule has 1 aliphatic heterocycles. The van der Waals surface area contributed by atoms with Crippen molar-refractivity contribution in [2.45, 2.75) is 30.8 Å². The quantitative estimate of drug-likeness (QED) is 0.864. The van der Waals surface area contributed by atoms with Gasteiger partial charge in [-0.05, 0) is 48.6 Å². The van der Waals surface area contributed by atoms with Crippen molar-refractivity contribution >= 4 is 33.0 Å². The maximum atomic E-state index is 12.5. The molecule has 0 saturated heterocycles. The van der Waals surface area contributed by atoms with Crippen LogP contribution in [0.1, 0.15) is 17.4 Å². The predicted molar refractivity (Wildman–Crippen MR) is 94.3 cm³/mol. The number of nitrogens with two attached hydrogens (primary N) is 1. The highest BCUT2D eigenvalue weighted by atomic mass is 32.2. The molecule has 0 fully saturated rings. The summed E-state index contributed by atoms with van der Waals surface area (Å²) in [5, 5.41) is 9.97. The Morgan fingerprint density at radius 3 is 2.92 bits per heavy atom. The molecule has 0 saturated carbocycles. The van der Waals surface area contributed by atoms with Crippen LogP contribution in [0.3, 0.4) is 0 Å². The lowest BCUT2D eigenvalue weighted by Gasteiger charge is -2.31. The van der Waals surface area contributed by atoms with Crippen LogP contribution in [0.15, 0.2) is 40.6 Å². The number of benzene rings is 1. The normalized spacial score (nSPS) is 16.4. The molecule has 3 rings (SSSR count). The zero-order valence-electron chi connectivity index (χ0n) is 13.2. The van der Waals surface area contributed by atoms with E-state index in [9.17, 15) is 13.2 Å². The number of hydrogen-bond donors (Lipinski definition) is 2. The van der Waals surface area contributed by atoms with E-state index in [0.29, 0.717) is 5.69 Å². The van der Waals surface area contributed by atoms with Crippen LogP contribution < -0.4 is 10.5 Å². The molecule has 8 heteroatoms. The maximum absolute atomic E-state index is 12.5. The first-order valence-electron chi connectivity index (χ1n) is 7.57. The number of fused-ring (bicyclic) bond motifs is 1. The van der Waals surface area contributed by atoms with Crippen molar-refractivity contribution in [3.05, 3.63) is 46.2 Å². The molecular formula is C16H19N3O3S2. The van der Waals surface area contributed by atoms with Crippen LogP contribution >= 0.6 is 11.3 Å². The second-order valence-electron chi connectivity index (χ2n) is 5.83. The lowest BCUT2D eigenvalue weighted by Crippen LogP contribution is -2.44. The van der Waals surface area contributed by atoms with Crippen LogP contribution in [0.5, 0.6) is 0 Å². The van der Waals surface area contributed by atoms with Gasteiger partial charge in [0, 0.05) is 23.7 Å². The Morgan fingerprint density at radius 2 is 2.17 bits per heavy atom. The molecule has 0 spiro atoms. The van der Waals surface area contributed by atoms with Gasteiger partial charge in [0.1, 0.15) is 0 Å². The van der Waals surface area contributed by atoms with Gasteiger partial charge in [0.25, 0.3) is 0 Å². The van der Waals surface area contributed by atoms with Crippen LogP contribution in [-0.2, 0) is 27.8 Å². The Balaban J connectivity index is 1.69. The van der Waals surface area contributed by atoms with Gasteiger partial charge in [-0.2, -0.15) is 0 Å². The van der Waals surface area contributed by atoms with Crippen LogP contribution in [0.4, 0.5) is 5.69 Å². The molecule has 24 heavy (non-hydrogen) atoms. The van der Waals surface area contributed by atoms with E-state index in [1.54, 1.807) is 23.5 Å². The van der Waals surface area contributed by atoms with Gasteiger partial charge in [0.05, 0.1) is 10.9 Å². The van der Waals surface area contributed by atoms with Crippen LogP contribution in [-0.4, -0.2) is 31.8 Å². The van der Waals surface area contributed by atoms with Crippen molar-refractivity contribution in [2.24, 2.45) is 5.14 Å². The molecular weight excluding hydrogens is 346 g/mol. The number of nitrogens with one attached hydrogen (secondary N) is 1. The zero-order chi connectivity index (χ0) is 17.3. The number of nitrogens with zero attached hydrogens (tertiary/aromatic N) is 1. The van der Waals surface area contributed by atoms with E-state index in [1.807, 2.05) is 6.92 Å². The number of rotatable bonds is 4. The van der Waals surface area contributed by atoms with Gasteiger partial charge >= 0.3 is 0 Å². The van der Waals surface area contributed by atoms with Gasteiger partial charge in [-0.3, -0.25) is 9.69 Å². The highest BCUT2D eigenvalue weighted by Crippen LogP contribution is 2.25. The zero-order valence-corrected chi connectivity index (χ0v) is 14.9. The van der Waals surface area contributed by atoms with Crippen molar-refractivity contribution < 1.29 is 13.2 Å². The minimum absolute atomic E-state index is 0.0196. The van der Waals surface area contributed by atoms with Gasteiger partial charge in [-0.15, -0.1) is 11.3 Å². The van der Waals surface area contributed by atoms with Crippen molar-refractivity contribution in [1.29, 1.82) is 0 Å². The lowest BCUT2D eigenvalue weighted by atomic mass is 10.1. The van der Waals surface area contributed by atoms with Crippen molar-refractivity contribution in [2.75, 3.05) is 11.9 Å². The van der Waals surface area contributed by atoms with Crippen molar-refractivity contribution in [1.82, 2.24) is 4.90 Å². The second-order valence-corrected chi connectivity index (χ2v) is 8.39. The summed E-state index contributed by atoms with van der Waals surface area (Å²) in [7, 11) is -3.79. The Morgan fingerprint density at radius 1 is 1.38 bits per heavy atom. The third-order valence-electron chi connectivity index (χ3n) is 4.19. The van der Waals surface area contributed by atoms with Crippen LogP contribution in [0.2, 0.25) is 0 Å². The van der Waals surface area contributed by atoms with Crippen molar-refractivity contribution in [3.8, 4) is 0 Å². The molecule has 1 atom stereocenters. The Hall–Kier alpha value is -1.74. The van der Waals surface area contributed by atoms with E-state index < -0.39 is 10.0 Å². The number of carbonyl (C=O) groups is 1. The van der Waals surface area contributed by atoms with E-state index in [2.05, 4.69) is 21.7 Å². The summed E-state index contributed by atoms with van der Waals surface area (Å²) in [4.78, 5) is 16.0. The number of amides is 1. The Bertz CT molecular complexity index is 861. The largest absolute Gasteiger partial charge is 0.325 e. The predicted octanol–water partition coefficient (Wildman–Crippen LogP) is 1.78. The lowest BCUT2D eigenvalue weighted by molar-refractivity contribution is -0.121. The van der Waals surface area contributed by atoms with Crippen molar-refractivity contribution in [3.63, 3.8) is 0 Å². The van der Waals surface area contributed by atoms with Crippen LogP contribution in [0.25, 0.3) is 0 Å². The number of hydrogen-bond acceptors (Lipinski definition) is 5. The number of sulfonamides is 1. The molecule has 0 bridgehead atoms. The molecule has 6 nitrogen and oxygen atoms in total. The Kier molecular flexibility index (Phi) is 4.73. The summed E-state index contributed by atoms with van der Waals surface area (Å²) in [5.74, 6) is -0.166. The molecule has 0 aliphatic carbocycles. The average molecular weight is 365 g/mol. The minimum Gasteiger partial charge on any atom is -0.325 e. The summed E-state index contributed by atoms with van der Waals surface area (Å²) >= 11 is 1.76. The molecule has 1 unspecified atom stereocenters. The number of carbonyl (C=O) groups excluding carboxylic acids is 1. The molecule has 0 radical (unpaired) electrons. The van der Waals surface area contributed by atoms with Gasteiger partial charge in [-0.25, -0.2) is 13.6 Å². The molecule has 2 aromatic rings. The maximum Gasteiger partial charge on any atom is 0.241 e. The van der Waals surface area contributed by atoms with E-state index in [4.69, 9.17) is 5.14 Å². The molecule has 1 amide bonds. The summed E-state index contributed by atoms with van der Waals surface area (Å²) in [6, 6.07) is 7.76. The Labute approximate surface area is 145 Å². The SMILES string of the molecule is CC(C(=O)Nc1cccc(S(N)(=O)=O)c1)N1CCc2sccc2C1. The summed E-state index contributed by atoms with van der Waals surface area (Å²) < 4.78 is 22.8. The highest BCUT2D eigenvalue weighted by molar-refractivity contribution is 7.89. The fourth-order valence-corrected chi connectivity index (χ4v) is 4.21. The molecule has 1 aromatic heterocycles. The van der Waals surface area contributed by atoms with Gasteiger partial charge < -0.3 is 5.32 Å². The van der Waals surface area contributed by atoms with E-state index in [0.717, 1.165) is 19.5 Å². The topological polar surface area (TPSA) is 92.5 Å². The number of anilines is 1. The summed E-state index contributed by atoms with van der Waals surface area (Å²) in [6.45, 7) is 3.44. The van der Waals surface area contributed by atoms with Gasteiger partial charge in [0.2, 0.25) is 15.9 Å². The monoisotopic (exact) mass is 365 g/mol. The standard InChI is InChI=1S/C16H19N3O3S2/c1-11(19-7-5-15-12(10-19)6-8-23-15)16(20)18-13-3-2-4-14(9-13)24(17,21)22/h2-4,6,8-9,11H,5,7,10H2,1H3,(H,18,20)(H2,17,21,22). The number of primary sulfonamides is 1. The fraction of sp³-hybridized carbons (Fsp3) is 0.312. The number of thiophene rings is 1. The van der Waals surface area contributed by atoms with E-state index >= 15 is 0 Å². The van der Waals surface area contributed by atoms with Gasteiger partial charge in [-0.1, -0.05) is 6.07 Å². The third-order valence-corrected chi connectivity index (χ3v) is 6.13.